The zero-order valence-electron chi connectivity index (χ0n) is 11.4. The fourth-order valence-electron chi connectivity index (χ4n) is 1.61. The van der Waals surface area contributed by atoms with Crippen LogP contribution in [0.2, 0.25) is 0 Å². The summed E-state index contributed by atoms with van der Waals surface area (Å²) >= 11 is 2.70. The third-order valence-electron chi connectivity index (χ3n) is 2.45. The van der Waals surface area contributed by atoms with Crippen molar-refractivity contribution in [2.75, 3.05) is 10.6 Å². The van der Waals surface area contributed by atoms with Crippen molar-refractivity contribution in [1.29, 1.82) is 0 Å². The maximum absolute atomic E-state index is 11.9. The van der Waals surface area contributed by atoms with E-state index in [1.807, 2.05) is 19.1 Å². The fourth-order valence-corrected chi connectivity index (χ4v) is 2.89. The molecule has 0 unspecified atom stereocenters. The fraction of sp³-hybridized carbons (Fsp3) is 0.0769. The van der Waals surface area contributed by atoms with E-state index < -0.39 is 6.09 Å². The molecular weight excluding hydrogens is 322 g/mol. The number of ether oxygens (including phenoxy) is 1. The molecule has 3 aromatic rings. The van der Waals surface area contributed by atoms with Gasteiger partial charge in [0.05, 0.1) is 16.9 Å². The van der Waals surface area contributed by atoms with Crippen molar-refractivity contribution in [2.24, 2.45) is 0 Å². The third-order valence-corrected chi connectivity index (χ3v) is 4.01. The Hall–Kier alpha value is -2.52. The average molecular weight is 333 g/mol. The van der Waals surface area contributed by atoms with E-state index in [0.717, 1.165) is 10.7 Å². The number of aryl methyl sites for hydroxylation is 1. The number of rotatable bonds is 4. The summed E-state index contributed by atoms with van der Waals surface area (Å²) in [4.78, 5) is 24.0. The van der Waals surface area contributed by atoms with Gasteiger partial charge in [0.2, 0.25) is 0 Å². The van der Waals surface area contributed by atoms with Crippen LogP contribution in [0.25, 0.3) is 0 Å². The van der Waals surface area contributed by atoms with Crippen LogP contribution in [-0.2, 0) is 0 Å². The lowest BCUT2D eigenvalue weighted by Crippen LogP contribution is -2.17. The maximum Gasteiger partial charge on any atom is 0.420 e. The highest BCUT2D eigenvalue weighted by Crippen LogP contribution is 2.33. The Labute approximate surface area is 134 Å². The van der Waals surface area contributed by atoms with Gasteiger partial charge >= 0.3 is 6.09 Å². The van der Waals surface area contributed by atoms with E-state index >= 15 is 0 Å². The molecule has 0 aliphatic rings. The van der Waals surface area contributed by atoms with Crippen molar-refractivity contribution in [3.05, 3.63) is 41.1 Å². The van der Waals surface area contributed by atoms with Gasteiger partial charge in [0.15, 0.2) is 10.1 Å². The van der Waals surface area contributed by atoms with Gasteiger partial charge in [-0.2, -0.15) is 0 Å². The van der Waals surface area contributed by atoms with Crippen molar-refractivity contribution >= 4 is 44.6 Å². The van der Waals surface area contributed by atoms with Gasteiger partial charge < -0.3 is 10.1 Å². The second kappa shape index (κ2) is 6.50. The van der Waals surface area contributed by atoms with Crippen LogP contribution in [-0.4, -0.2) is 21.0 Å². The first kappa shape index (κ1) is 14.4. The summed E-state index contributed by atoms with van der Waals surface area (Å²) in [6, 6.07) is 3.67. The topological polar surface area (TPSA) is 89.0 Å². The van der Waals surface area contributed by atoms with Gasteiger partial charge in [0.1, 0.15) is 0 Å². The van der Waals surface area contributed by atoms with Crippen molar-refractivity contribution in [3.8, 4) is 5.88 Å². The predicted octanol–water partition coefficient (Wildman–Crippen LogP) is 3.66. The summed E-state index contributed by atoms with van der Waals surface area (Å²) in [5.74, 6) is 0.223. The largest absolute Gasteiger partial charge is 0.420 e. The van der Waals surface area contributed by atoms with Crippen molar-refractivity contribution in [3.63, 3.8) is 0 Å². The van der Waals surface area contributed by atoms with Crippen LogP contribution in [0, 0.1) is 6.92 Å². The molecule has 0 radical (unpaired) electrons. The molecule has 112 valence electrons. The van der Waals surface area contributed by atoms with Crippen LogP contribution >= 0.6 is 22.7 Å². The Morgan fingerprint density at radius 2 is 2.27 bits per heavy atom. The van der Waals surface area contributed by atoms with Crippen LogP contribution < -0.4 is 15.4 Å². The molecule has 3 heterocycles. The Balaban J connectivity index is 1.72. The molecule has 2 N–H and O–H groups in total. The monoisotopic (exact) mass is 333 g/mol. The summed E-state index contributed by atoms with van der Waals surface area (Å²) < 4.78 is 5.24. The van der Waals surface area contributed by atoms with E-state index in [2.05, 4.69) is 25.6 Å². The summed E-state index contributed by atoms with van der Waals surface area (Å²) in [6.45, 7) is 1.84. The number of aromatic nitrogens is 3. The Morgan fingerprint density at radius 1 is 1.36 bits per heavy atom. The van der Waals surface area contributed by atoms with E-state index in [4.69, 9.17) is 4.74 Å². The molecule has 3 aromatic heterocycles. The minimum atomic E-state index is -0.630. The van der Waals surface area contributed by atoms with Gasteiger partial charge in [-0.15, -0.1) is 11.3 Å². The molecule has 9 heteroatoms. The Kier molecular flexibility index (Phi) is 4.26. The number of hydrogen-bond acceptors (Lipinski definition) is 8. The minimum Gasteiger partial charge on any atom is -0.388 e. The van der Waals surface area contributed by atoms with Crippen LogP contribution in [0.5, 0.6) is 5.88 Å². The van der Waals surface area contributed by atoms with Crippen molar-refractivity contribution < 1.29 is 9.53 Å². The molecule has 0 saturated carbocycles. The molecule has 0 aliphatic carbocycles. The number of nitrogens with one attached hydrogen (secondary N) is 2. The van der Waals surface area contributed by atoms with E-state index in [0.29, 0.717) is 10.1 Å². The number of nitrogens with zero attached hydrogens (tertiary/aromatic N) is 3. The van der Waals surface area contributed by atoms with Gasteiger partial charge in [-0.3, -0.25) is 10.3 Å². The molecule has 0 saturated heterocycles. The van der Waals surface area contributed by atoms with E-state index in [-0.39, 0.29) is 5.88 Å². The quantitative estimate of drug-likeness (QED) is 0.757. The summed E-state index contributed by atoms with van der Waals surface area (Å²) in [5.41, 5.74) is 0.788. The maximum atomic E-state index is 11.9. The van der Waals surface area contributed by atoms with Crippen LogP contribution in [0.4, 0.5) is 20.6 Å². The summed E-state index contributed by atoms with van der Waals surface area (Å²) in [7, 11) is 0. The number of anilines is 3. The molecule has 1 amide bonds. The average Bonchev–Trinajstić information content (AvgIpc) is 3.10. The number of thiazole rings is 2. The normalized spacial score (nSPS) is 10.2. The molecule has 7 nitrogen and oxygen atoms in total. The van der Waals surface area contributed by atoms with Gasteiger partial charge in [-0.25, -0.2) is 14.8 Å². The number of amides is 1. The molecule has 0 aliphatic heterocycles. The van der Waals surface area contributed by atoms with Crippen LogP contribution in [0.15, 0.2) is 36.1 Å². The zero-order valence-corrected chi connectivity index (χ0v) is 13.1. The minimum absolute atomic E-state index is 0.223. The molecule has 0 fully saturated rings. The molecule has 22 heavy (non-hydrogen) atoms. The third kappa shape index (κ3) is 3.57. The summed E-state index contributed by atoms with van der Waals surface area (Å²) in [6.07, 6.45) is 4.33. The second-order valence-corrected chi connectivity index (χ2v) is 6.18. The van der Waals surface area contributed by atoms with E-state index in [1.165, 1.54) is 22.7 Å². The van der Waals surface area contributed by atoms with Crippen LogP contribution in [0.3, 0.4) is 0 Å². The van der Waals surface area contributed by atoms with Gasteiger partial charge in [0.25, 0.3) is 5.88 Å². The number of carbonyl (C=O) groups excluding carboxylic acids is 1. The molecule has 0 atom stereocenters. The van der Waals surface area contributed by atoms with E-state index in [1.54, 1.807) is 24.0 Å². The first-order valence-electron chi connectivity index (χ1n) is 6.23. The highest BCUT2D eigenvalue weighted by atomic mass is 32.1. The lowest BCUT2D eigenvalue weighted by atomic mass is 10.4. The predicted molar refractivity (Wildman–Crippen MR) is 86.1 cm³/mol. The molecule has 0 aromatic carbocycles. The summed E-state index contributed by atoms with van der Waals surface area (Å²) in [5, 5.41) is 9.33. The highest BCUT2D eigenvalue weighted by molar-refractivity contribution is 7.16. The molecule has 0 spiro atoms. The number of carbonyl (C=O) groups is 1. The van der Waals surface area contributed by atoms with E-state index in [9.17, 15) is 4.79 Å². The van der Waals surface area contributed by atoms with Gasteiger partial charge in [-0.1, -0.05) is 11.3 Å². The second-order valence-electron chi connectivity index (χ2n) is 4.09. The first-order chi connectivity index (χ1) is 10.7. The SMILES string of the molecule is Cc1nc(OC(=O)Nc2nccs2)c(Nc2cccnc2)s1. The van der Waals surface area contributed by atoms with Crippen molar-refractivity contribution in [1.82, 2.24) is 15.0 Å². The smallest absolute Gasteiger partial charge is 0.388 e. The van der Waals surface area contributed by atoms with Gasteiger partial charge in [0, 0.05) is 17.8 Å². The van der Waals surface area contributed by atoms with Crippen LogP contribution in [0.1, 0.15) is 5.01 Å². The lowest BCUT2D eigenvalue weighted by Gasteiger charge is -2.06. The molecule has 0 bridgehead atoms. The highest BCUT2D eigenvalue weighted by Gasteiger charge is 2.15. The lowest BCUT2D eigenvalue weighted by molar-refractivity contribution is 0.214. The number of hydrogen-bond donors (Lipinski definition) is 2. The zero-order chi connectivity index (χ0) is 15.4. The van der Waals surface area contributed by atoms with Crippen molar-refractivity contribution in [2.45, 2.75) is 6.92 Å². The first-order valence-corrected chi connectivity index (χ1v) is 7.93. The van der Waals surface area contributed by atoms with Gasteiger partial charge in [-0.05, 0) is 19.1 Å². The number of pyridine rings is 1. The molecular formula is C13H11N5O2S2. The Morgan fingerprint density at radius 3 is 3.00 bits per heavy atom. The Bertz CT molecular complexity index is 758. The standard InChI is InChI=1S/C13H11N5O2S2/c1-8-16-10(20-13(19)18-12-15-5-6-21-12)11(22-8)17-9-3-2-4-14-7-9/h2-7,17H,1H3,(H,15,18,19). The molecule has 3 rings (SSSR count).